The van der Waals surface area contributed by atoms with E-state index in [-0.39, 0.29) is 96.8 Å². The average Bonchev–Trinajstić information content (AvgIpc) is 4.10. The molecule has 0 amide bonds. The molecule has 4 aromatic heterocycles. The van der Waals surface area contributed by atoms with Gasteiger partial charge in [0, 0.05) is 26.5 Å². The van der Waals surface area contributed by atoms with Gasteiger partial charge in [-0.05, 0) is 60.2 Å². The molecule has 410 valence electrons. The lowest BCUT2D eigenvalue weighted by Crippen LogP contribution is -2.48. The van der Waals surface area contributed by atoms with E-state index in [4.69, 9.17) is 34.0 Å². The summed E-state index contributed by atoms with van der Waals surface area (Å²) >= 11 is 0. The molecule has 6 aromatic rings. The highest BCUT2D eigenvalue weighted by atomic mass is 28.4. The molecule has 8 atom stereocenters. The Morgan fingerprint density at radius 2 is 1.08 bits per heavy atom. The molecular formula is C54H85N13O6Si2. The van der Waals surface area contributed by atoms with Crippen LogP contribution in [0.3, 0.4) is 0 Å². The van der Waals surface area contributed by atoms with Crippen molar-refractivity contribution in [1.29, 1.82) is 0 Å². The van der Waals surface area contributed by atoms with Crippen molar-refractivity contribution < 1.29 is 18.3 Å². The summed E-state index contributed by atoms with van der Waals surface area (Å²) in [7, 11) is -0.747. The minimum atomic E-state index is -2.24. The summed E-state index contributed by atoms with van der Waals surface area (Å²) in [4.78, 5) is 64.1. The summed E-state index contributed by atoms with van der Waals surface area (Å²) in [5.41, 5.74) is 8.35. The lowest BCUT2D eigenvalue weighted by Gasteiger charge is -2.40. The van der Waals surface area contributed by atoms with Crippen molar-refractivity contribution >= 4 is 69.6 Å². The van der Waals surface area contributed by atoms with Gasteiger partial charge in [0.2, 0.25) is 11.9 Å². The van der Waals surface area contributed by atoms with Gasteiger partial charge >= 0.3 is 0 Å². The van der Waals surface area contributed by atoms with Crippen molar-refractivity contribution in [2.75, 3.05) is 19.8 Å². The molecule has 6 heterocycles. The lowest BCUT2D eigenvalue weighted by molar-refractivity contribution is -0.0321. The SMILES string of the molecule is C.C.C.CC[C@H]1O[C@@H](n2cnc3c(=O)[nH]c(N)nc32)[C@H](O[Si](C)(C)C(C)(C)C)[C@@H]1N=Cc1ccccc1.CC[C@H]1O[C@@H](n2cnc3c(=O)[nH]c(N=CN(C)C)nc32)[C@H](O[Si](C)(C)C(C)(C)C)[C@@H]1N=Cc1ccccc1. The van der Waals surface area contributed by atoms with Crippen LogP contribution in [-0.4, -0.2) is 130 Å². The topological polar surface area (TPSA) is 230 Å². The number of benzene rings is 2. The Morgan fingerprint density at radius 1 is 0.680 bits per heavy atom. The molecule has 0 aliphatic carbocycles. The molecule has 2 aromatic carbocycles. The molecule has 0 unspecified atom stereocenters. The summed E-state index contributed by atoms with van der Waals surface area (Å²) in [6, 6.07) is 19.5. The van der Waals surface area contributed by atoms with Crippen molar-refractivity contribution in [2.45, 2.75) is 176 Å². The third-order valence-electron chi connectivity index (χ3n) is 14.1. The molecule has 2 aliphatic heterocycles. The number of nitrogens with two attached hydrogens (primary N) is 1. The minimum absolute atomic E-state index is 0. The summed E-state index contributed by atoms with van der Waals surface area (Å²) < 4.78 is 30.7. The van der Waals surface area contributed by atoms with Crippen LogP contribution in [0, 0.1) is 0 Å². The van der Waals surface area contributed by atoms with Crippen molar-refractivity contribution in [2.24, 2.45) is 15.0 Å². The molecule has 0 saturated carbocycles. The highest BCUT2D eigenvalue weighted by Gasteiger charge is 2.52. The van der Waals surface area contributed by atoms with E-state index in [0.29, 0.717) is 11.3 Å². The van der Waals surface area contributed by atoms with Gasteiger partial charge in [0.15, 0.2) is 51.4 Å². The van der Waals surface area contributed by atoms with Crippen molar-refractivity contribution in [3.05, 3.63) is 105 Å². The molecular weight excluding hydrogens is 983 g/mol. The van der Waals surface area contributed by atoms with Crippen LogP contribution in [0.25, 0.3) is 22.3 Å². The zero-order valence-corrected chi connectivity index (χ0v) is 46.2. The number of hydrogen-bond acceptors (Lipinski definition) is 14. The third-order valence-corrected chi connectivity index (χ3v) is 23.1. The number of ether oxygens (including phenoxy) is 2. The van der Waals surface area contributed by atoms with Crippen LogP contribution in [0.1, 0.15) is 114 Å². The number of H-pyrrole nitrogens is 2. The fourth-order valence-corrected chi connectivity index (χ4v) is 10.7. The van der Waals surface area contributed by atoms with Gasteiger partial charge in [-0.25, -0.2) is 15.0 Å². The first-order valence-electron chi connectivity index (χ1n) is 24.7. The average molecular weight is 1070 g/mol. The number of hydrogen-bond donors (Lipinski definition) is 3. The van der Waals surface area contributed by atoms with Crippen LogP contribution >= 0.6 is 0 Å². The predicted molar refractivity (Wildman–Crippen MR) is 311 cm³/mol. The number of aromatic nitrogens is 8. The van der Waals surface area contributed by atoms with Gasteiger partial charge in [-0.2, -0.15) is 9.97 Å². The smallest absolute Gasteiger partial charge is 0.280 e. The van der Waals surface area contributed by atoms with Crippen LogP contribution in [0.5, 0.6) is 0 Å². The van der Waals surface area contributed by atoms with Crippen molar-refractivity contribution in [3.63, 3.8) is 0 Å². The van der Waals surface area contributed by atoms with E-state index in [9.17, 15) is 9.59 Å². The minimum Gasteiger partial charge on any atom is -0.407 e. The monoisotopic (exact) mass is 1070 g/mol. The zero-order chi connectivity index (χ0) is 52.3. The quantitative estimate of drug-likeness (QED) is 0.0526. The van der Waals surface area contributed by atoms with E-state index in [1.54, 1.807) is 33.0 Å². The second-order valence-electron chi connectivity index (χ2n) is 21.7. The predicted octanol–water partition coefficient (Wildman–Crippen LogP) is 10.3. The van der Waals surface area contributed by atoms with Gasteiger partial charge in [-0.1, -0.05) is 138 Å². The second-order valence-corrected chi connectivity index (χ2v) is 31.2. The normalized spacial score (nSPS) is 22.3. The van der Waals surface area contributed by atoms with Gasteiger partial charge in [-0.3, -0.25) is 38.7 Å². The number of anilines is 1. The molecule has 2 saturated heterocycles. The highest BCUT2D eigenvalue weighted by molar-refractivity contribution is 6.74. The fraction of sp³-hybridized carbons (Fsp3) is 0.537. The van der Waals surface area contributed by atoms with Gasteiger partial charge in [0.1, 0.15) is 24.3 Å². The number of rotatable bonds is 14. The molecule has 21 heteroatoms. The number of imidazole rings is 2. The first kappa shape index (κ1) is 61.6. The number of nitrogen functional groups attached to an aromatic ring is 1. The number of nitrogens with zero attached hydrogens (tertiary/aromatic N) is 10. The standard InChI is InChI=1S/C27H39N7O3Si.C24H34N6O3Si.3CH4/c1-9-19-20(28-15-18-13-11-10-12-14-18)22(37-38(7,8)27(2,3)4)25(36-19)34-17-29-21-23(34)31-26(32-24(21)35)30-16-33(5)6;1-7-16-17(26-13-15-11-9-8-10-12-15)19(33-34(5,6)24(2,3)4)22(32-16)30-14-27-18-20(30)28-23(25)29-21(18)31;;;/h10-17,19-20,22,25H,9H2,1-8H3,(H,31,32,35);8-14,16-17,19,22H,7H2,1-6H3,(H3,25,28,29,31);3*1H4/t19-,20-,22-,25-;16-,17-,19-,22-;;;/m11.../s1. The van der Waals surface area contributed by atoms with Crippen LogP contribution < -0.4 is 16.9 Å². The third kappa shape index (κ3) is 13.7. The van der Waals surface area contributed by atoms with Gasteiger partial charge in [-0.15, -0.1) is 0 Å². The molecule has 2 aliphatic rings. The summed E-state index contributed by atoms with van der Waals surface area (Å²) in [5, 5.41) is -0.0254. The zero-order valence-electron chi connectivity index (χ0n) is 44.2. The van der Waals surface area contributed by atoms with Gasteiger partial charge < -0.3 is 29.0 Å². The largest absolute Gasteiger partial charge is 0.407 e. The summed E-state index contributed by atoms with van der Waals surface area (Å²) in [6.45, 7) is 26.3. The maximum absolute atomic E-state index is 12.8. The van der Waals surface area contributed by atoms with E-state index in [2.05, 4.69) is 116 Å². The number of nitrogens with one attached hydrogen (secondary N) is 2. The van der Waals surface area contributed by atoms with Crippen LogP contribution in [-0.2, 0) is 18.3 Å². The lowest BCUT2D eigenvalue weighted by atomic mass is 10.1. The molecule has 0 spiro atoms. The van der Waals surface area contributed by atoms with E-state index in [1.165, 1.54) is 0 Å². The number of aromatic amines is 2. The maximum Gasteiger partial charge on any atom is 0.280 e. The van der Waals surface area contributed by atoms with Gasteiger partial charge in [0.25, 0.3) is 11.1 Å². The number of aliphatic imine (C=N–C) groups is 3. The summed E-state index contributed by atoms with van der Waals surface area (Å²) in [5.74, 6) is 0.230. The maximum atomic E-state index is 12.8. The van der Waals surface area contributed by atoms with Crippen LogP contribution in [0.4, 0.5) is 11.9 Å². The molecule has 4 N–H and O–H groups in total. The molecule has 19 nitrogen and oxygen atoms in total. The van der Waals surface area contributed by atoms with E-state index in [1.807, 2.05) is 87.2 Å². The Labute approximate surface area is 445 Å². The first-order valence-corrected chi connectivity index (χ1v) is 30.5. The Balaban J connectivity index is 0.000000314. The fourth-order valence-electron chi connectivity index (χ4n) is 8.09. The van der Waals surface area contributed by atoms with Crippen LogP contribution in [0.2, 0.25) is 36.3 Å². The summed E-state index contributed by atoms with van der Waals surface area (Å²) in [6.07, 6.45) is 7.82. The Morgan fingerprint density at radius 3 is 1.47 bits per heavy atom. The second kappa shape index (κ2) is 24.8. The number of fused-ring (bicyclic) bond motifs is 2. The molecule has 0 radical (unpaired) electrons. The Bertz CT molecular complexity index is 2990. The van der Waals surface area contributed by atoms with Crippen molar-refractivity contribution in [3.8, 4) is 0 Å². The molecule has 75 heavy (non-hydrogen) atoms. The highest BCUT2D eigenvalue weighted by Crippen LogP contribution is 2.45. The van der Waals surface area contributed by atoms with Gasteiger partial charge in [0.05, 0.1) is 31.2 Å². The molecule has 0 bridgehead atoms. The Hall–Kier alpha value is -5.98. The molecule has 8 rings (SSSR count). The van der Waals surface area contributed by atoms with Crippen molar-refractivity contribution in [1.82, 2.24) is 43.9 Å². The van der Waals surface area contributed by atoms with E-state index < -0.39 is 35.2 Å². The van der Waals surface area contributed by atoms with Crippen LogP contribution in [0.15, 0.2) is 97.9 Å². The van der Waals surface area contributed by atoms with E-state index >= 15 is 0 Å². The molecule has 2 fully saturated rings. The first-order chi connectivity index (χ1) is 33.9. The van der Waals surface area contributed by atoms with E-state index in [0.717, 1.165) is 24.0 Å². The Kier molecular flexibility index (Phi) is 20.4.